The molecule has 0 bridgehead atoms. The molecule has 0 atom stereocenters. The fourth-order valence-corrected chi connectivity index (χ4v) is 8.74. The molecule has 0 N–H and O–H groups in total. The van der Waals surface area contributed by atoms with Crippen LogP contribution in [0, 0.1) is 0 Å². The number of hydrogen-bond donors (Lipinski definition) is 0. The minimum Gasteiger partial charge on any atom is -0.456 e. The molecule has 0 aliphatic rings. The fraction of sp³-hybridized carbons (Fsp3) is 0. The topological polar surface area (TPSA) is 77.6 Å². The summed E-state index contributed by atoms with van der Waals surface area (Å²) in [7, 11) is 0. The van der Waals surface area contributed by atoms with E-state index >= 15 is 0 Å². The van der Waals surface area contributed by atoms with Crippen molar-refractivity contribution in [2.75, 3.05) is 0 Å². The summed E-state index contributed by atoms with van der Waals surface area (Å²) in [5.74, 6) is 2.40. The summed E-state index contributed by atoms with van der Waals surface area (Å²) >= 11 is 0. The van der Waals surface area contributed by atoms with Crippen molar-refractivity contribution in [1.82, 2.24) is 24.9 Å². The Bertz CT molecular complexity index is 3680. The first kappa shape index (κ1) is 39.5. The lowest BCUT2D eigenvalue weighted by Gasteiger charge is -2.14. The van der Waals surface area contributed by atoms with Crippen LogP contribution in [0.5, 0.6) is 0 Å². The van der Waals surface area contributed by atoms with Gasteiger partial charge in [0.2, 0.25) is 0 Å². The van der Waals surface area contributed by atoms with Gasteiger partial charge in [0, 0.05) is 44.2 Å². The maximum absolute atomic E-state index is 6.27. The van der Waals surface area contributed by atoms with Gasteiger partial charge >= 0.3 is 0 Å². The molecule has 3 aromatic heterocycles. The SMILES string of the molecule is c1ccc(-c2cc(-c3ccccc3)cc(-c3cc(-c4cccc(-c5cccc(-c6nc(-c7ccccc7)nc(-c7ccc8c(c7)oc7ccccc78)n6)c5)c4)nc(-c4ccccc4)n3)c2)cc1. The molecule has 0 fully saturated rings. The first-order valence-electron chi connectivity index (χ1n) is 22.3. The quantitative estimate of drug-likeness (QED) is 0.144. The molecule has 9 aromatic carbocycles. The van der Waals surface area contributed by atoms with E-state index in [1.54, 1.807) is 0 Å². The lowest BCUT2D eigenvalue weighted by atomic mass is 9.94. The van der Waals surface area contributed by atoms with E-state index in [2.05, 4.69) is 164 Å². The number of benzene rings is 9. The summed E-state index contributed by atoms with van der Waals surface area (Å²) in [5, 5.41) is 2.13. The Hall–Kier alpha value is -9.13. The van der Waals surface area contributed by atoms with Gasteiger partial charge < -0.3 is 4.42 Å². The second-order valence-electron chi connectivity index (χ2n) is 16.5. The summed E-state index contributed by atoms with van der Waals surface area (Å²) in [6, 6.07) is 81.3. The largest absolute Gasteiger partial charge is 0.456 e. The number of fused-ring (bicyclic) bond motifs is 3. The van der Waals surface area contributed by atoms with Crippen molar-refractivity contribution in [3.05, 3.63) is 237 Å². The molecule has 3 heterocycles. The average Bonchev–Trinajstić information content (AvgIpc) is 3.80. The number of para-hydroxylation sites is 1. The molecule has 0 amide bonds. The Balaban J connectivity index is 0.954. The van der Waals surface area contributed by atoms with Gasteiger partial charge in [-0.3, -0.25) is 0 Å². The predicted octanol–water partition coefficient (Wildman–Crippen LogP) is 15.6. The smallest absolute Gasteiger partial charge is 0.164 e. The maximum Gasteiger partial charge on any atom is 0.164 e. The van der Waals surface area contributed by atoms with Crippen LogP contribution in [0.2, 0.25) is 0 Å². The van der Waals surface area contributed by atoms with Gasteiger partial charge in [-0.1, -0.05) is 182 Å². The van der Waals surface area contributed by atoms with Gasteiger partial charge in [0.05, 0.1) is 11.4 Å². The molecular formula is C61H39N5O. The molecule has 0 saturated carbocycles. The predicted molar refractivity (Wildman–Crippen MR) is 272 cm³/mol. The summed E-state index contributed by atoms with van der Waals surface area (Å²) in [4.78, 5) is 25.6. The van der Waals surface area contributed by atoms with E-state index < -0.39 is 0 Å². The molecule has 0 spiro atoms. The van der Waals surface area contributed by atoms with Crippen LogP contribution in [0.3, 0.4) is 0 Å². The molecule has 12 aromatic rings. The van der Waals surface area contributed by atoms with Crippen LogP contribution in [-0.2, 0) is 0 Å². The number of nitrogens with zero attached hydrogens (tertiary/aromatic N) is 5. The zero-order chi connectivity index (χ0) is 44.5. The highest BCUT2D eigenvalue weighted by Gasteiger charge is 2.17. The van der Waals surface area contributed by atoms with Gasteiger partial charge in [-0.15, -0.1) is 0 Å². The number of rotatable bonds is 9. The van der Waals surface area contributed by atoms with Crippen molar-refractivity contribution in [1.29, 1.82) is 0 Å². The van der Waals surface area contributed by atoms with Crippen molar-refractivity contribution in [2.45, 2.75) is 0 Å². The molecule has 0 aliphatic carbocycles. The number of hydrogen-bond acceptors (Lipinski definition) is 6. The molecule has 0 unspecified atom stereocenters. The van der Waals surface area contributed by atoms with Crippen LogP contribution in [0.15, 0.2) is 241 Å². The minimum absolute atomic E-state index is 0.567. The van der Waals surface area contributed by atoms with E-state index in [1.807, 2.05) is 72.8 Å². The Morgan fingerprint density at radius 1 is 0.209 bits per heavy atom. The van der Waals surface area contributed by atoms with Crippen LogP contribution >= 0.6 is 0 Å². The Morgan fingerprint density at radius 2 is 0.597 bits per heavy atom. The van der Waals surface area contributed by atoms with Crippen molar-refractivity contribution < 1.29 is 4.42 Å². The summed E-state index contributed by atoms with van der Waals surface area (Å²) in [5.41, 5.74) is 15.4. The summed E-state index contributed by atoms with van der Waals surface area (Å²) in [6.45, 7) is 0. The highest BCUT2D eigenvalue weighted by molar-refractivity contribution is 6.05. The summed E-state index contributed by atoms with van der Waals surface area (Å²) in [6.07, 6.45) is 0. The van der Waals surface area contributed by atoms with E-state index in [1.165, 1.54) is 0 Å². The number of aromatic nitrogens is 5. The van der Waals surface area contributed by atoms with E-state index in [9.17, 15) is 0 Å². The first-order chi connectivity index (χ1) is 33.1. The minimum atomic E-state index is 0.567. The van der Waals surface area contributed by atoms with Crippen molar-refractivity contribution in [3.63, 3.8) is 0 Å². The Labute approximate surface area is 387 Å². The van der Waals surface area contributed by atoms with Gasteiger partial charge in [-0.05, 0) is 88.0 Å². The van der Waals surface area contributed by atoms with E-state index in [0.717, 1.165) is 100 Å². The fourth-order valence-electron chi connectivity index (χ4n) is 8.74. The molecule has 67 heavy (non-hydrogen) atoms. The third kappa shape index (κ3) is 7.94. The monoisotopic (exact) mass is 857 g/mol. The van der Waals surface area contributed by atoms with E-state index in [-0.39, 0.29) is 0 Å². The van der Waals surface area contributed by atoms with E-state index in [4.69, 9.17) is 29.3 Å². The van der Waals surface area contributed by atoms with Gasteiger partial charge in [0.15, 0.2) is 23.3 Å². The lowest BCUT2D eigenvalue weighted by Crippen LogP contribution is -2.00. The van der Waals surface area contributed by atoms with Gasteiger partial charge in [0.1, 0.15) is 11.2 Å². The third-order valence-electron chi connectivity index (χ3n) is 12.1. The van der Waals surface area contributed by atoms with Gasteiger partial charge in [0.25, 0.3) is 0 Å². The zero-order valence-corrected chi connectivity index (χ0v) is 36.2. The molecule has 12 rings (SSSR count). The number of furan rings is 1. The zero-order valence-electron chi connectivity index (χ0n) is 36.2. The van der Waals surface area contributed by atoms with Crippen LogP contribution in [-0.4, -0.2) is 24.9 Å². The second-order valence-corrected chi connectivity index (χ2v) is 16.5. The highest BCUT2D eigenvalue weighted by Crippen LogP contribution is 2.37. The molecule has 0 radical (unpaired) electrons. The van der Waals surface area contributed by atoms with Crippen LogP contribution in [0.25, 0.3) is 123 Å². The Morgan fingerprint density at radius 3 is 1.19 bits per heavy atom. The highest BCUT2D eigenvalue weighted by atomic mass is 16.3. The van der Waals surface area contributed by atoms with Crippen LogP contribution in [0.4, 0.5) is 0 Å². The molecule has 0 aliphatic heterocycles. The maximum atomic E-state index is 6.27. The molecule has 0 saturated heterocycles. The normalized spacial score (nSPS) is 11.3. The summed E-state index contributed by atoms with van der Waals surface area (Å²) < 4.78 is 6.27. The average molecular weight is 858 g/mol. The molecule has 6 heteroatoms. The molecule has 6 nitrogen and oxygen atoms in total. The van der Waals surface area contributed by atoms with Gasteiger partial charge in [-0.25, -0.2) is 24.9 Å². The van der Waals surface area contributed by atoms with Crippen molar-refractivity contribution in [2.24, 2.45) is 0 Å². The van der Waals surface area contributed by atoms with Crippen LogP contribution < -0.4 is 0 Å². The second kappa shape index (κ2) is 17.1. The third-order valence-corrected chi connectivity index (χ3v) is 12.1. The van der Waals surface area contributed by atoms with E-state index in [0.29, 0.717) is 23.3 Å². The first-order valence-corrected chi connectivity index (χ1v) is 22.3. The molecular weight excluding hydrogens is 819 g/mol. The molecule has 314 valence electrons. The lowest BCUT2D eigenvalue weighted by molar-refractivity contribution is 0.669. The van der Waals surface area contributed by atoms with Crippen LogP contribution in [0.1, 0.15) is 0 Å². The Kier molecular flexibility index (Phi) is 10.1. The van der Waals surface area contributed by atoms with Gasteiger partial charge in [-0.2, -0.15) is 0 Å². The standard InChI is InChI=1S/C61H39N5O/c1-5-17-40(18-6-1)49-35-50(41-19-7-2-8-20-41)37-51(36-49)55-39-54(62-58(63-55)42-21-9-3-10-22-42)46-27-15-25-44(33-46)45-26-16-28-47(34-45)60-64-59(43-23-11-4-12-24-43)65-61(66-60)48-31-32-53-52-29-13-14-30-56(52)67-57(53)38-48/h1-39H. The van der Waals surface area contributed by atoms with Crippen molar-refractivity contribution >= 4 is 21.9 Å². The van der Waals surface area contributed by atoms with Crippen molar-refractivity contribution in [3.8, 4) is 101 Å².